The molecule has 5 rings (SSSR count). The van der Waals surface area contributed by atoms with Crippen LogP contribution < -0.4 is 0 Å². The van der Waals surface area contributed by atoms with Crippen molar-refractivity contribution in [2.24, 2.45) is 22.7 Å². The lowest BCUT2D eigenvalue weighted by Gasteiger charge is -2.95. The summed E-state index contributed by atoms with van der Waals surface area (Å²) in [6.45, 7) is 1.82. The Balaban J connectivity index is 1.38. The van der Waals surface area contributed by atoms with Crippen LogP contribution in [0.25, 0.3) is 0 Å². The maximum absolute atomic E-state index is 13.5. The molecule has 0 radical (unpaired) electrons. The van der Waals surface area contributed by atoms with E-state index in [0.717, 1.165) is 25.7 Å². The zero-order valence-electron chi connectivity index (χ0n) is 14.7. The van der Waals surface area contributed by atoms with Gasteiger partial charge in [0.1, 0.15) is 0 Å². The number of esters is 1. The van der Waals surface area contributed by atoms with Gasteiger partial charge in [-0.25, -0.2) is 4.79 Å². The van der Waals surface area contributed by atoms with Gasteiger partial charge in [0.15, 0.2) is 0 Å². The van der Waals surface area contributed by atoms with Gasteiger partial charge >= 0.3 is 21.3 Å². The minimum Gasteiger partial charge on any atom is -0.460 e. The van der Waals surface area contributed by atoms with E-state index in [1.807, 2.05) is 6.92 Å². The van der Waals surface area contributed by atoms with E-state index in [9.17, 15) is 22.0 Å². The summed E-state index contributed by atoms with van der Waals surface area (Å²) in [5, 5.41) is -4.93. The number of benzene rings is 1. The molecule has 1 aromatic rings. The molecule has 1 N–H and O–H groups in total. The number of hydrogen-bond acceptors (Lipinski definition) is 4. The smallest absolute Gasteiger partial charge is 0.460 e. The van der Waals surface area contributed by atoms with Crippen LogP contribution in [0.5, 0.6) is 0 Å². The first-order valence-electron chi connectivity index (χ1n) is 9.09. The molecule has 0 bridgehead atoms. The summed E-state index contributed by atoms with van der Waals surface area (Å²) < 4.78 is 61.7. The molecule has 4 fully saturated rings. The molecule has 0 aliphatic heterocycles. The molecule has 8 heteroatoms. The molecule has 0 saturated heterocycles. The summed E-state index contributed by atoms with van der Waals surface area (Å²) in [6.07, 6.45) is 3.79. The molecule has 5 unspecified atom stereocenters. The van der Waals surface area contributed by atoms with E-state index >= 15 is 0 Å². The average Bonchev–Trinajstić information content (AvgIpc) is 2.51. The number of aryl methyl sites for hydroxylation is 1. The zero-order chi connectivity index (χ0) is 19.5. The minimum atomic E-state index is -5.83. The summed E-state index contributed by atoms with van der Waals surface area (Å²) in [5.74, 6) is -1.15. The molecule has 146 valence electrons. The molecular formula is C19H20F2O5S. The molecular weight excluding hydrogens is 378 g/mol. The number of rotatable bonds is 5. The highest BCUT2D eigenvalue weighted by atomic mass is 32.2. The molecule has 5 nitrogen and oxygen atoms in total. The molecule has 0 aromatic heterocycles. The van der Waals surface area contributed by atoms with Crippen LogP contribution in [-0.2, 0) is 25.1 Å². The molecule has 5 atom stereocenters. The van der Waals surface area contributed by atoms with Crippen LogP contribution in [0.2, 0.25) is 0 Å². The SMILES string of the molecule is Cc1ccc(C23CC4CC5CC(COC(=O)C(F)(F)S(=O)(=O)O)(C2)C543)cc1. The molecule has 0 amide bonds. The fourth-order valence-corrected chi connectivity index (χ4v) is 7.63. The highest BCUT2D eigenvalue weighted by Gasteiger charge is 2.93. The van der Waals surface area contributed by atoms with E-state index in [2.05, 4.69) is 24.3 Å². The van der Waals surface area contributed by atoms with Crippen molar-refractivity contribution >= 4 is 16.1 Å². The van der Waals surface area contributed by atoms with E-state index in [0.29, 0.717) is 11.8 Å². The summed E-state index contributed by atoms with van der Waals surface area (Å²) in [4.78, 5) is 11.6. The molecule has 1 aromatic carbocycles. The lowest BCUT2D eigenvalue weighted by atomic mass is 9.08. The van der Waals surface area contributed by atoms with Gasteiger partial charge in [-0.2, -0.15) is 17.2 Å². The van der Waals surface area contributed by atoms with Crippen molar-refractivity contribution in [3.63, 3.8) is 0 Å². The number of alkyl halides is 2. The Morgan fingerprint density at radius 2 is 1.89 bits per heavy atom. The van der Waals surface area contributed by atoms with Crippen molar-refractivity contribution in [3.05, 3.63) is 35.4 Å². The number of carbonyl (C=O) groups is 1. The predicted octanol–water partition coefficient (Wildman–Crippen LogP) is 3.08. The number of halogens is 2. The van der Waals surface area contributed by atoms with Crippen LogP contribution in [0.15, 0.2) is 24.3 Å². The highest BCUT2D eigenvalue weighted by Crippen LogP contribution is 2.97. The predicted molar refractivity (Wildman–Crippen MR) is 90.6 cm³/mol. The third-order valence-corrected chi connectivity index (χ3v) is 8.86. The van der Waals surface area contributed by atoms with Crippen LogP contribution in [0, 0.1) is 29.6 Å². The Morgan fingerprint density at radius 1 is 1.26 bits per heavy atom. The first-order chi connectivity index (χ1) is 12.5. The van der Waals surface area contributed by atoms with Gasteiger partial charge < -0.3 is 4.74 Å². The molecule has 0 heterocycles. The van der Waals surface area contributed by atoms with Crippen molar-refractivity contribution in [2.75, 3.05) is 6.61 Å². The summed E-state index contributed by atoms with van der Waals surface area (Å²) in [7, 11) is -5.83. The summed E-state index contributed by atoms with van der Waals surface area (Å²) in [5.41, 5.74) is 2.13. The quantitative estimate of drug-likeness (QED) is 0.609. The number of carbonyl (C=O) groups excluding carboxylic acids is 1. The summed E-state index contributed by atoms with van der Waals surface area (Å²) >= 11 is 0. The number of hydrogen-bond donors (Lipinski definition) is 1. The second-order valence-electron chi connectivity index (χ2n) is 8.88. The minimum absolute atomic E-state index is 0.00289. The maximum atomic E-state index is 13.5. The topological polar surface area (TPSA) is 80.7 Å². The Kier molecular flexibility index (Phi) is 3.06. The van der Waals surface area contributed by atoms with Crippen molar-refractivity contribution in [1.29, 1.82) is 0 Å². The first kappa shape index (κ1) is 17.6. The van der Waals surface area contributed by atoms with Gasteiger partial charge in [-0.3, -0.25) is 4.55 Å². The van der Waals surface area contributed by atoms with Gasteiger partial charge in [-0.15, -0.1) is 0 Å². The third kappa shape index (κ3) is 1.69. The molecule has 4 saturated carbocycles. The van der Waals surface area contributed by atoms with E-state index < -0.39 is 21.3 Å². The fraction of sp³-hybridized carbons (Fsp3) is 0.632. The molecule has 4 aliphatic rings. The van der Waals surface area contributed by atoms with E-state index in [1.54, 1.807) is 0 Å². The Labute approximate surface area is 155 Å². The Hall–Kier alpha value is -1.54. The summed E-state index contributed by atoms with van der Waals surface area (Å²) in [6, 6.07) is 8.42. The van der Waals surface area contributed by atoms with E-state index in [-0.39, 0.29) is 22.9 Å². The van der Waals surface area contributed by atoms with Crippen LogP contribution in [-0.4, -0.2) is 30.8 Å². The van der Waals surface area contributed by atoms with E-state index in [4.69, 9.17) is 9.29 Å². The van der Waals surface area contributed by atoms with Gasteiger partial charge in [0.25, 0.3) is 0 Å². The fourth-order valence-electron chi connectivity index (χ4n) is 7.36. The second-order valence-corrected chi connectivity index (χ2v) is 10.3. The van der Waals surface area contributed by atoms with Gasteiger partial charge in [0.05, 0.1) is 6.61 Å². The van der Waals surface area contributed by atoms with Crippen LogP contribution in [0.4, 0.5) is 8.78 Å². The Morgan fingerprint density at radius 3 is 2.44 bits per heavy atom. The highest BCUT2D eigenvalue weighted by molar-refractivity contribution is 7.87. The van der Waals surface area contributed by atoms with Crippen LogP contribution in [0.1, 0.15) is 36.8 Å². The van der Waals surface area contributed by atoms with Gasteiger partial charge in [0, 0.05) is 10.8 Å². The number of ether oxygens (including phenoxy) is 1. The van der Waals surface area contributed by atoms with Crippen molar-refractivity contribution in [2.45, 2.75) is 43.3 Å². The third-order valence-electron chi connectivity index (χ3n) is 8.04. The lowest BCUT2D eigenvalue weighted by Crippen LogP contribution is -2.92. The van der Waals surface area contributed by atoms with Crippen molar-refractivity contribution in [1.82, 2.24) is 0 Å². The van der Waals surface area contributed by atoms with Crippen LogP contribution >= 0.6 is 0 Å². The van der Waals surface area contributed by atoms with Crippen LogP contribution in [0.3, 0.4) is 0 Å². The van der Waals surface area contributed by atoms with E-state index in [1.165, 1.54) is 11.1 Å². The maximum Gasteiger partial charge on any atom is 0.465 e. The Bertz CT molecular complexity index is 953. The van der Waals surface area contributed by atoms with Gasteiger partial charge in [0.2, 0.25) is 0 Å². The normalized spacial score (nSPS) is 41.0. The first-order valence-corrected chi connectivity index (χ1v) is 10.5. The molecule has 1 spiro atoms. The van der Waals surface area contributed by atoms with Crippen molar-refractivity contribution < 1.29 is 31.3 Å². The lowest BCUT2D eigenvalue weighted by molar-refractivity contribution is -0.453. The standard InChI is InChI=1S/C19H20F2O5S/c1-11-2-4-12(5-3-11)17-8-14-6-13-7-16(9-17,18(13,14)17)10-26-15(22)19(20,21)27(23,24)25/h2-5,13-14H,6-10H2,1H3,(H,23,24,25). The monoisotopic (exact) mass is 398 g/mol. The molecule has 4 aliphatic carbocycles. The largest absolute Gasteiger partial charge is 0.465 e. The van der Waals surface area contributed by atoms with Gasteiger partial charge in [-0.05, 0) is 55.4 Å². The average molecular weight is 398 g/mol. The zero-order valence-corrected chi connectivity index (χ0v) is 15.6. The second kappa shape index (κ2) is 4.71. The van der Waals surface area contributed by atoms with Gasteiger partial charge in [-0.1, -0.05) is 29.8 Å². The molecule has 27 heavy (non-hydrogen) atoms. The van der Waals surface area contributed by atoms with Crippen molar-refractivity contribution in [3.8, 4) is 0 Å².